The lowest BCUT2D eigenvalue weighted by Crippen LogP contribution is -2.03. The number of halogens is 4. The van der Waals surface area contributed by atoms with Gasteiger partial charge in [-0.1, -0.05) is 42.3 Å². The first-order chi connectivity index (χ1) is 9.02. The molecule has 2 rings (SSSR count). The van der Waals surface area contributed by atoms with Gasteiger partial charge in [0, 0.05) is 6.42 Å². The summed E-state index contributed by atoms with van der Waals surface area (Å²) in [5, 5.41) is 0.431. The highest BCUT2D eigenvalue weighted by atomic mass is 79.9. The number of rotatable bonds is 3. The molecule has 0 bridgehead atoms. The van der Waals surface area contributed by atoms with E-state index in [4.69, 9.17) is 23.2 Å². The molecule has 19 heavy (non-hydrogen) atoms. The van der Waals surface area contributed by atoms with Crippen molar-refractivity contribution in [3.8, 4) is 0 Å². The van der Waals surface area contributed by atoms with Gasteiger partial charge in [-0.05, 0) is 34.0 Å². The highest BCUT2D eigenvalue weighted by Gasteiger charge is 2.12. The van der Waals surface area contributed by atoms with Gasteiger partial charge >= 0.3 is 0 Å². The zero-order chi connectivity index (χ0) is 14.0. The number of aryl methyl sites for hydroxylation is 1. The van der Waals surface area contributed by atoms with Crippen molar-refractivity contribution in [1.82, 2.24) is 9.97 Å². The Morgan fingerprint density at radius 2 is 2.00 bits per heavy atom. The van der Waals surface area contributed by atoms with Crippen molar-refractivity contribution in [1.29, 1.82) is 0 Å². The molecule has 0 atom stereocenters. The van der Waals surface area contributed by atoms with E-state index in [1.165, 1.54) is 6.07 Å². The summed E-state index contributed by atoms with van der Waals surface area (Å²) in [6.07, 6.45) is 0.972. The van der Waals surface area contributed by atoms with Crippen LogP contribution in [0.25, 0.3) is 0 Å². The van der Waals surface area contributed by atoms with E-state index in [0.29, 0.717) is 27.4 Å². The topological polar surface area (TPSA) is 25.8 Å². The van der Waals surface area contributed by atoms with Gasteiger partial charge in [0.1, 0.15) is 16.8 Å². The monoisotopic (exact) mass is 362 g/mol. The number of hydrogen-bond donors (Lipinski definition) is 0. The molecule has 0 fully saturated rings. The van der Waals surface area contributed by atoms with Crippen molar-refractivity contribution < 1.29 is 4.39 Å². The minimum atomic E-state index is -0.440. The molecule has 2 aromatic rings. The molecule has 0 saturated carbocycles. The molecule has 0 amide bonds. The Kier molecular flexibility index (Phi) is 4.76. The van der Waals surface area contributed by atoms with Crippen LogP contribution in [0.15, 0.2) is 22.7 Å². The SMILES string of the molecule is CCc1nc(Cc2cccc(Cl)c2F)nc(Cl)c1Br. The van der Waals surface area contributed by atoms with Crippen LogP contribution in [0.1, 0.15) is 24.0 Å². The smallest absolute Gasteiger partial charge is 0.147 e. The lowest BCUT2D eigenvalue weighted by Gasteiger charge is -2.08. The molecular weight excluding hydrogens is 354 g/mol. The third-order valence-electron chi connectivity index (χ3n) is 2.64. The highest BCUT2D eigenvalue weighted by molar-refractivity contribution is 9.10. The van der Waals surface area contributed by atoms with Gasteiger partial charge < -0.3 is 0 Å². The van der Waals surface area contributed by atoms with Crippen molar-refractivity contribution in [2.24, 2.45) is 0 Å². The minimum absolute atomic E-state index is 0.0939. The van der Waals surface area contributed by atoms with Crippen LogP contribution in [-0.2, 0) is 12.8 Å². The summed E-state index contributed by atoms with van der Waals surface area (Å²) in [5.74, 6) is 0.0380. The molecular formula is C13H10BrCl2FN2. The predicted octanol–water partition coefficient (Wildman–Crippen LogP) is 4.84. The molecule has 100 valence electrons. The van der Waals surface area contributed by atoms with Crippen molar-refractivity contribution in [2.45, 2.75) is 19.8 Å². The molecule has 0 saturated heterocycles. The number of hydrogen-bond acceptors (Lipinski definition) is 2. The summed E-state index contributed by atoms with van der Waals surface area (Å²) in [6, 6.07) is 4.86. The fourth-order valence-electron chi connectivity index (χ4n) is 1.68. The lowest BCUT2D eigenvalue weighted by atomic mass is 10.1. The van der Waals surface area contributed by atoms with Gasteiger partial charge in [-0.2, -0.15) is 0 Å². The molecule has 0 aliphatic rings. The molecule has 0 spiro atoms. The molecule has 1 aromatic heterocycles. The molecule has 0 aliphatic carbocycles. The summed E-state index contributed by atoms with van der Waals surface area (Å²) in [7, 11) is 0. The summed E-state index contributed by atoms with van der Waals surface area (Å²) in [5.41, 5.74) is 1.25. The Labute approximate surface area is 129 Å². The van der Waals surface area contributed by atoms with E-state index < -0.39 is 5.82 Å². The first kappa shape index (κ1) is 14.7. The Morgan fingerprint density at radius 1 is 1.26 bits per heavy atom. The fraction of sp³-hybridized carbons (Fsp3) is 0.231. The molecule has 2 nitrogen and oxygen atoms in total. The van der Waals surface area contributed by atoms with E-state index in [1.807, 2.05) is 6.92 Å². The van der Waals surface area contributed by atoms with Crippen LogP contribution < -0.4 is 0 Å². The zero-order valence-corrected chi connectivity index (χ0v) is 13.2. The van der Waals surface area contributed by atoms with Crippen LogP contribution in [-0.4, -0.2) is 9.97 Å². The normalized spacial score (nSPS) is 10.8. The van der Waals surface area contributed by atoms with Gasteiger partial charge in [0.2, 0.25) is 0 Å². The zero-order valence-electron chi connectivity index (χ0n) is 10.1. The summed E-state index contributed by atoms with van der Waals surface area (Å²) >= 11 is 15.1. The second kappa shape index (κ2) is 6.16. The van der Waals surface area contributed by atoms with Crippen molar-refractivity contribution in [3.63, 3.8) is 0 Å². The molecule has 6 heteroatoms. The standard InChI is InChI=1S/C13H10BrCl2FN2/c1-2-9-11(14)13(16)19-10(18-9)6-7-4-3-5-8(15)12(7)17/h3-5H,2,6H2,1H3. The van der Waals surface area contributed by atoms with E-state index in [2.05, 4.69) is 25.9 Å². The van der Waals surface area contributed by atoms with E-state index >= 15 is 0 Å². The van der Waals surface area contributed by atoms with Crippen LogP contribution in [0.2, 0.25) is 10.2 Å². The first-order valence-electron chi connectivity index (χ1n) is 5.66. The van der Waals surface area contributed by atoms with Crippen molar-refractivity contribution >= 4 is 39.1 Å². The van der Waals surface area contributed by atoms with Crippen molar-refractivity contribution in [2.75, 3.05) is 0 Å². The molecule has 0 radical (unpaired) electrons. The van der Waals surface area contributed by atoms with Gasteiger partial charge in [-0.15, -0.1) is 0 Å². The maximum Gasteiger partial charge on any atom is 0.147 e. The van der Waals surface area contributed by atoms with E-state index in [-0.39, 0.29) is 11.4 Å². The highest BCUT2D eigenvalue weighted by Crippen LogP contribution is 2.25. The van der Waals surface area contributed by atoms with Crippen LogP contribution in [0.5, 0.6) is 0 Å². The Bertz CT molecular complexity index is 620. The predicted molar refractivity (Wildman–Crippen MR) is 78.3 cm³/mol. The quantitative estimate of drug-likeness (QED) is 0.729. The van der Waals surface area contributed by atoms with Gasteiger partial charge in [-0.25, -0.2) is 14.4 Å². The van der Waals surface area contributed by atoms with E-state index in [1.54, 1.807) is 12.1 Å². The molecule has 0 N–H and O–H groups in total. The lowest BCUT2D eigenvalue weighted by molar-refractivity contribution is 0.612. The molecule has 1 heterocycles. The largest absolute Gasteiger partial charge is 0.236 e. The molecule has 0 unspecified atom stereocenters. The second-order valence-electron chi connectivity index (χ2n) is 3.93. The average molecular weight is 364 g/mol. The van der Waals surface area contributed by atoms with Crippen LogP contribution in [0.4, 0.5) is 4.39 Å². The fourth-order valence-corrected chi connectivity index (χ4v) is 2.54. The maximum atomic E-state index is 13.8. The van der Waals surface area contributed by atoms with E-state index in [9.17, 15) is 4.39 Å². The molecule has 1 aromatic carbocycles. The Hall–Kier alpha value is -0.710. The summed E-state index contributed by atoms with van der Waals surface area (Å²) in [6.45, 7) is 1.97. The van der Waals surface area contributed by atoms with Crippen LogP contribution in [0.3, 0.4) is 0 Å². The number of nitrogens with zero attached hydrogens (tertiary/aromatic N) is 2. The number of aromatic nitrogens is 2. The Morgan fingerprint density at radius 3 is 2.68 bits per heavy atom. The van der Waals surface area contributed by atoms with Gasteiger partial charge in [-0.3, -0.25) is 0 Å². The summed E-state index contributed by atoms with van der Waals surface area (Å²) in [4.78, 5) is 8.51. The van der Waals surface area contributed by atoms with Gasteiger partial charge in [0.05, 0.1) is 15.2 Å². The van der Waals surface area contributed by atoms with Crippen LogP contribution >= 0.6 is 39.1 Å². The molecule has 0 aliphatic heterocycles. The Balaban J connectivity index is 2.38. The van der Waals surface area contributed by atoms with Crippen LogP contribution in [0, 0.1) is 5.82 Å². The van der Waals surface area contributed by atoms with E-state index in [0.717, 1.165) is 5.69 Å². The maximum absolute atomic E-state index is 13.8. The van der Waals surface area contributed by atoms with Gasteiger partial charge in [0.15, 0.2) is 0 Å². The van der Waals surface area contributed by atoms with Gasteiger partial charge in [0.25, 0.3) is 0 Å². The third kappa shape index (κ3) is 3.25. The average Bonchev–Trinajstić information content (AvgIpc) is 2.39. The second-order valence-corrected chi connectivity index (χ2v) is 5.49. The first-order valence-corrected chi connectivity index (χ1v) is 7.21. The third-order valence-corrected chi connectivity index (χ3v) is 4.27. The minimum Gasteiger partial charge on any atom is -0.236 e. The van der Waals surface area contributed by atoms with Crippen molar-refractivity contribution in [3.05, 3.63) is 55.7 Å². The number of benzene rings is 1. The summed E-state index contributed by atoms with van der Waals surface area (Å²) < 4.78 is 14.5.